The molecule has 0 unspecified atom stereocenters. The minimum atomic E-state index is -0.784. The molecule has 0 radical (unpaired) electrons. The molecule has 2 N–H and O–H groups in total. The molecule has 0 bridgehead atoms. The Morgan fingerprint density at radius 3 is 2.59 bits per heavy atom. The summed E-state index contributed by atoms with van der Waals surface area (Å²) in [5.41, 5.74) is 1.86. The van der Waals surface area contributed by atoms with Crippen LogP contribution in [0, 0.1) is 0 Å². The van der Waals surface area contributed by atoms with Crippen LogP contribution in [0.25, 0.3) is 17.0 Å². The Bertz CT molecular complexity index is 1540. The number of rotatable bonds is 7. The van der Waals surface area contributed by atoms with Crippen molar-refractivity contribution in [3.05, 3.63) is 89.6 Å². The molecule has 5 rings (SSSR count). The summed E-state index contributed by atoms with van der Waals surface area (Å²) in [7, 11) is 0. The number of carbonyl (C=O) groups is 2. The van der Waals surface area contributed by atoms with Crippen molar-refractivity contribution in [3.8, 4) is 17.4 Å². The summed E-state index contributed by atoms with van der Waals surface area (Å²) in [6.45, 7) is 2.70. The Labute approximate surface area is 212 Å². The van der Waals surface area contributed by atoms with E-state index in [9.17, 15) is 14.7 Å². The van der Waals surface area contributed by atoms with Crippen LogP contribution in [0.5, 0.6) is 17.4 Å². The van der Waals surface area contributed by atoms with Crippen molar-refractivity contribution in [3.63, 3.8) is 0 Å². The van der Waals surface area contributed by atoms with Crippen LogP contribution in [0.15, 0.2) is 88.7 Å². The average Bonchev–Trinajstić information content (AvgIpc) is 3.49. The van der Waals surface area contributed by atoms with Gasteiger partial charge in [-0.05, 0) is 48.4 Å². The highest BCUT2D eigenvalue weighted by Crippen LogP contribution is 2.39. The van der Waals surface area contributed by atoms with E-state index in [1.165, 1.54) is 6.08 Å². The van der Waals surface area contributed by atoms with E-state index in [0.29, 0.717) is 34.6 Å². The summed E-state index contributed by atoms with van der Waals surface area (Å²) in [5.74, 6) is -0.205. The van der Waals surface area contributed by atoms with Gasteiger partial charge in [0.15, 0.2) is 17.2 Å². The number of hydrogen-bond donors (Lipinski definition) is 2. The number of amides is 2. The third kappa shape index (κ3) is 4.92. The fraction of sp³-hybridized carbons (Fsp3) is 0.143. The zero-order valence-corrected chi connectivity index (χ0v) is 20.0. The lowest BCUT2D eigenvalue weighted by atomic mass is 10.1. The number of aromatic nitrogens is 1. The molecule has 0 saturated heterocycles. The van der Waals surface area contributed by atoms with Crippen molar-refractivity contribution in [1.29, 1.82) is 0 Å². The maximum absolute atomic E-state index is 13.2. The summed E-state index contributed by atoms with van der Waals surface area (Å²) < 4.78 is 12.5. The first-order valence-corrected chi connectivity index (χ1v) is 11.8. The van der Waals surface area contributed by atoms with Gasteiger partial charge in [-0.2, -0.15) is 0 Å². The van der Waals surface area contributed by atoms with E-state index in [2.05, 4.69) is 15.5 Å². The largest absolute Gasteiger partial charge is 0.493 e. The van der Waals surface area contributed by atoms with Gasteiger partial charge < -0.3 is 24.5 Å². The Hall–Kier alpha value is -4.92. The molecule has 0 aliphatic carbocycles. The normalized spacial score (nSPS) is 12.8. The van der Waals surface area contributed by atoms with Gasteiger partial charge in [-0.15, -0.1) is 10.2 Å². The van der Waals surface area contributed by atoms with Crippen molar-refractivity contribution in [2.24, 2.45) is 10.2 Å². The second kappa shape index (κ2) is 10.4. The molecule has 1 aliphatic heterocycles. The van der Waals surface area contributed by atoms with Crippen LogP contribution < -0.4 is 14.8 Å². The molecule has 9 nitrogen and oxygen atoms in total. The van der Waals surface area contributed by atoms with Crippen LogP contribution in [0.2, 0.25) is 0 Å². The highest BCUT2D eigenvalue weighted by Gasteiger charge is 2.19. The number of hydrogen-bond acceptors (Lipinski definition) is 6. The first-order valence-electron chi connectivity index (χ1n) is 11.8. The van der Waals surface area contributed by atoms with Gasteiger partial charge in [0.05, 0.1) is 5.52 Å². The molecule has 1 aliphatic rings. The zero-order valence-electron chi connectivity index (χ0n) is 20.0. The van der Waals surface area contributed by atoms with E-state index in [1.54, 1.807) is 59.2 Å². The van der Waals surface area contributed by atoms with E-state index >= 15 is 0 Å². The van der Waals surface area contributed by atoms with Crippen LogP contribution in [0.4, 0.5) is 5.69 Å². The molecule has 0 saturated carbocycles. The fourth-order valence-electron chi connectivity index (χ4n) is 4.07. The molecule has 0 spiro atoms. The van der Waals surface area contributed by atoms with Gasteiger partial charge in [-0.1, -0.05) is 49.4 Å². The van der Waals surface area contributed by atoms with Crippen LogP contribution in [0.3, 0.4) is 0 Å². The molecule has 0 fully saturated rings. The molecular formula is C28H24N4O5. The van der Waals surface area contributed by atoms with Crippen LogP contribution in [-0.4, -0.2) is 28.3 Å². The Balaban J connectivity index is 1.50. The van der Waals surface area contributed by atoms with Gasteiger partial charge in [0.25, 0.3) is 5.91 Å². The number of azo groups is 1. The second-order valence-corrected chi connectivity index (χ2v) is 8.34. The lowest BCUT2D eigenvalue weighted by Gasteiger charge is -2.07. The van der Waals surface area contributed by atoms with Crippen molar-refractivity contribution >= 4 is 34.5 Å². The maximum Gasteiger partial charge on any atom is 0.311 e. The van der Waals surface area contributed by atoms with Gasteiger partial charge in [0.2, 0.25) is 12.7 Å². The molecule has 3 aromatic carbocycles. The summed E-state index contributed by atoms with van der Waals surface area (Å²) in [6, 6.07) is 21.0. The van der Waals surface area contributed by atoms with Crippen molar-refractivity contribution in [2.75, 3.05) is 6.79 Å². The minimum Gasteiger partial charge on any atom is -0.493 e. The monoisotopic (exact) mass is 496 g/mol. The summed E-state index contributed by atoms with van der Waals surface area (Å²) in [5, 5.41) is 22.1. The van der Waals surface area contributed by atoms with Gasteiger partial charge in [0, 0.05) is 17.5 Å². The molecule has 1 aromatic heterocycles. The average molecular weight is 497 g/mol. The zero-order chi connectivity index (χ0) is 25.8. The van der Waals surface area contributed by atoms with E-state index in [0.717, 1.165) is 11.9 Å². The van der Waals surface area contributed by atoms with E-state index in [4.69, 9.17) is 9.47 Å². The lowest BCUT2D eigenvalue weighted by Crippen LogP contribution is -2.26. The molecule has 4 aromatic rings. The molecular weight excluding hydrogens is 472 g/mol. The first kappa shape index (κ1) is 23.8. The van der Waals surface area contributed by atoms with E-state index in [1.807, 2.05) is 25.1 Å². The third-order valence-corrected chi connectivity index (χ3v) is 5.83. The smallest absolute Gasteiger partial charge is 0.311 e. The SMILES string of the molecule is CCCn1c(O)c(N=NC(=O)/C(=C\c2ccc3c(c2)OCO3)NC(=O)c2ccccc2)c2ccccc21. The predicted octanol–water partition coefficient (Wildman–Crippen LogP) is 5.57. The standard InChI is InChI=1S/C28H24N4O5/c1-2-14-32-22-11-7-6-10-20(22)25(28(32)35)30-31-27(34)21(29-26(33)19-8-4-3-5-9-19)15-18-12-13-23-24(16-18)37-17-36-23/h3-13,15-16,35H,2,14,17H2,1H3,(H,29,33)/b21-15+,31-30?. The number of aromatic hydroxyl groups is 1. The number of fused-ring (bicyclic) bond motifs is 2. The summed E-state index contributed by atoms with van der Waals surface area (Å²) in [6.07, 6.45) is 2.29. The molecule has 37 heavy (non-hydrogen) atoms. The summed E-state index contributed by atoms with van der Waals surface area (Å²) >= 11 is 0. The number of nitrogens with zero attached hydrogens (tertiary/aromatic N) is 3. The first-order chi connectivity index (χ1) is 18.0. The minimum absolute atomic E-state index is 0.0748. The van der Waals surface area contributed by atoms with Crippen molar-refractivity contribution < 1.29 is 24.2 Å². The predicted molar refractivity (Wildman–Crippen MR) is 138 cm³/mol. The quantitative estimate of drug-likeness (QED) is 0.257. The summed E-state index contributed by atoms with van der Waals surface area (Å²) in [4.78, 5) is 26.1. The molecule has 186 valence electrons. The van der Waals surface area contributed by atoms with Gasteiger partial charge in [0.1, 0.15) is 5.70 Å². The second-order valence-electron chi connectivity index (χ2n) is 8.34. The number of benzene rings is 3. The topological polar surface area (TPSA) is 115 Å². The number of carbonyl (C=O) groups excluding carboxylic acids is 2. The fourth-order valence-corrected chi connectivity index (χ4v) is 4.07. The Kier molecular flexibility index (Phi) is 6.67. The number of ether oxygens (including phenoxy) is 2. The molecule has 0 atom stereocenters. The Morgan fingerprint density at radius 2 is 1.78 bits per heavy atom. The van der Waals surface area contributed by atoms with Gasteiger partial charge in [-0.25, -0.2) is 0 Å². The number of aryl methyl sites for hydroxylation is 1. The van der Waals surface area contributed by atoms with Crippen LogP contribution in [-0.2, 0) is 11.3 Å². The highest BCUT2D eigenvalue weighted by atomic mass is 16.7. The van der Waals surface area contributed by atoms with Crippen molar-refractivity contribution in [1.82, 2.24) is 9.88 Å². The van der Waals surface area contributed by atoms with Crippen LogP contribution >= 0.6 is 0 Å². The lowest BCUT2D eigenvalue weighted by molar-refractivity contribution is -0.115. The molecule has 2 heterocycles. The van der Waals surface area contributed by atoms with Crippen molar-refractivity contribution in [2.45, 2.75) is 19.9 Å². The van der Waals surface area contributed by atoms with Gasteiger partial charge in [-0.3, -0.25) is 9.59 Å². The number of para-hydroxylation sites is 1. The molecule has 2 amide bonds. The third-order valence-electron chi connectivity index (χ3n) is 5.83. The van der Waals surface area contributed by atoms with Crippen LogP contribution in [0.1, 0.15) is 29.3 Å². The van der Waals surface area contributed by atoms with Gasteiger partial charge >= 0.3 is 5.91 Å². The molecule has 9 heteroatoms. The number of nitrogens with one attached hydrogen (secondary N) is 1. The van der Waals surface area contributed by atoms with E-state index < -0.39 is 11.8 Å². The van der Waals surface area contributed by atoms with E-state index in [-0.39, 0.29) is 24.1 Å². The highest BCUT2D eigenvalue weighted by molar-refractivity contribution is 6.05. The Morgan fingerprint density at radius 1 is 1.03 bits per heavy atom. The maximum atomic E-state index is 13.2.